The molecule has 0 amide bonds. The second kappa shape index (κ2) is 7.78. The van der Waals surface area contributed by atoms with Crippen molar-refractivity contribution < 1.29 is 0 Å². The van der Waals surface area contributed by atoms with Crippen molar-refractivity contribution in [1.82, 2.24) is 20.4 Å². The fraction of sp³-hybridized carbons (Fsp3) is 0.467. The minimum Gasteiger partial charge on any atom is -0.357 e. The summed E-state index contributed by atoms with van der Waals surface area (Å²) in [6.07, 6.45) is 0. The number of nitrogens with zero attached hydrogens (tertiary/aromatic N) is 3. The highest BCUT2D eigenvalue weighted by molar-refractivity contribution is 9.10. The maximum absolute atomic E-state index is 4.67. The average Bonchev–Trinajstić information content (AvgIpc) is 2.99. The van der Waals surface area contributed by atoms with Crippen LogP contribution in [0.5, 0.6) is 0 Å². The van der Waals surface area contributed by atoms with Crippen LogP contribution in [0.2, 0.25) is 0 Å². The number of nitrogens with one attached hydrogen (secondary N) is 2. The SMILES string of the molecule is CCNC(=NCc1c(C)nn(C)c1C)NCc1cc(Br)cs1. The molecule has 0 bridgehead atoms. The van der Waals surface area contributed by atoms with E-state index in [-0.39, 0.29) is 0 Å². The molecule has 2 N–H and O–H groups in total. The lowest BCUT2D eigenvalue weighted by molar-refractivity contribution is 0.730. The summed E-state index contributed by atoms with van der Waals surface area (Å²) in [6, 6.07) is 2.12. The fourth-order valence-corrected chi connectivity index (χ4v) is 3.55. The third kappa shape index (κ3) is 4.33. The van der Waals surface area contributed by atoms with Gasteiger partial charge in [0.15, 0.2) is 5.96 Å². The van der Waals surface area contributed by atoms with Crippen LogP contribution >= 0.6 is 27.3 Å². The van der Waals surface area contributed by atoms with Gasteiger partial charge in [-0.2, -0.15) is 5.10 Å². The van der Waals surface area contributed by atoms with E-state index in [1.54, 1.807) is 11.3 Å². The van der Waals surface area contributed by atoms with E-state index >= 15 is 0 Å². The van der Waals surface area contributed by atoms with Gasteiger partial charge in [-0.3, -0.25) is 4.68 Å². The van der Waals surface area contributed by atoms with Crippen LogP contribution in [0.3, 0.4) is 0 Å². The number of aliphatic imine (C=N–C) groups is 1. The monoisotopic (exact) mass is 383 g/mol. The normalized spacial score (nSPS) is 11.8. The number of halogens is 1. The van der Waals surface area contributed by atoms with Gasteiger partial charge in [0.25, 0.3) is 0 Å². The van der Waals surface area contributed by atoms with Gasteiger partial charge in [-0.15, -0.1) is 11.3 Å². The Morgan fingerprint density at radius 1 is 1.41 bits per heavy atom. The molecular formula is C15H22BrN5S. The molecule has 2 heterocycles. The minimum absolute atomic E-state index is 0.634. The van der Waals surface area contributed by atoms with E-state index in [1.165, 1.54) is 16.1 Å². The lowest BCUT2D eigenvalue weighted by Gasteiger charge is -2.10. The van der Waals surface area contributed by atoms with Crippen molar-refractivity contribution in [2.75, 3.05) is 6.54 Å². The first-order valence-electron chi connectivity index (χ1n) is 7.25. The topological polar surface area (TPSA) is 54.2 Å². The van der Waals surface area contributed by atoms with E-state index in [1.807, 2.05) is 18.7 Å². The van der Waals surface area contributed by atoms with Gasteiger partial charge in [-0.25, -0.2) is 4.99 Å². The zero-order valence-electron chi connectivity index (χ0n) is 13.4. The third-order valence-corrected chi connectivity index (χ3v) is 5.15. The second-order valence-corrected chi connectivity index (χ2v) is 6.96. The van der Waals surface area contributed by atoms with Crippen LogP contribution < -0.4 is 10.6 Å². The number of hydrogen-bond donors (Lipinski definition) is 2. The lowest BCUT2D eigenvalue weighted by Crippen LogP contribution is -2.36. The first-order valence-corrected chi connectivity index (χ1v) is 8.92. The van der Waals surface area contributed by atoms with Gasteiger partial charge in [0.2, 0.25) is 0 Å². The molecule has 5 nitrogen and oxygen atoms in total. The summed E-state index contributed by atoms with van der Waals surface area (Å²) in [5.41, 5.74) is 3.40. The van der Waals surface area contributed by atoms with Gasteiger partial charge in [-0.05, 0) is 42.8 Å². The number of aromatic nitrogens is 2. The van der Waals surface area contributed by atoms with E-state index < -0.39 is 0 Å². The highest BCUT2D eigenvalue weighted by Gasteiger charge is 2.09. The molecule has 7 heteroatoms. The molecule has 0 aliphatic heterocycles. The van der Waals surface area contributed by atoms with Crippen LogP contribution in [0.15, 0.2) is 20.9 Å². The summed E-state index contributed by atoms with van der Waals surface area (Å²) in [5.74, 6) is 0.828. The Balaban J connectivity index is 2.03. The Labute approximate surface area is 144 Å². The third-order valence-electron chi connectivity index (χ3n) is 3.45. The molecule has 0 aliphatic rings. The first-order chi connectivity index (χ1) is 10.5. The largest absolute Gasteiger partial charge is 0.357 e. The summed E-state index contributed by atoms with van der Waals surface area (Å²) in [4.78, 5) is 5.94. The van der Waals surface area contributed by atoms with Gasteiger partial charge in [0.1, 0.15) is 0 Å². The van der Waals surface area contributed by atoms with Crippen LogP contribution in [0.25, 0.3) is 0 Å². The van der Waals surface area contributed by atoms with Crippen molar-refractivity contribution in [3.8, 4) is 0 Å². The summed E-state index contributed by atoms with van der Waals surface area (Å²) < 4.78 is 3.03. The van der Waals surface area contributed by atoms with Gasteiger partial charge >= 0.3 is 0 Å². The highest BCUT2D eigenvalue weighted by Crippen LogP contribution is 2.19. The molecule has 120 valence electrons. The summed E-state index contributed by atoms with van der Waals surface area (Å²) in [7, 11) is 1.97. The lowest BCUT2D eigenvalue weighted by atomic mass is 10.2. The number of rotatable bonds is 5. The van der Waals surface area contributed by atoms with Crippen LogP contribution in [0, 0.1) is 13.8 Å². The van der Waals surface area contributed by atoms with Crippen LogP contribution in [0.4, 0.5) is 0 Å². The molecule has 0 fully saturated rings. The second-order valence-electron chi connectivity index (χ2n) is 5.05. The summed E-state index contributed by atoms with van der Waals surface area (Å²) in [6.45, 7) is 8.42. The number of thiophene rings is 1. The van der Waals surface area contributed by atoms with Crippen molar-refractivity contribution in [1.29, 1.82) is 0 Å². The molecule has 0 atom stereocenters. The Morgan fingerprint density at radius 3 is 2.73 bits per heavy atom. The van der Waals surface area contributed by atoms with E-state index in [4.69, 9.17) is 0 Å². The molecule has 2 aromatic rings. The predicted molar refractivity (Wildman–Crippen MR) is 96.4 cm³/mol. The fourth-order valence-electron chi connectivity index (χ4n) is 2.16. The van der Waals surface area contributed by atoms with E-state index in [2.05, 4.69) is 61.9 Å². The van der Waals surface area contributed by atoms with E-state index in [0.29, 0.717) is 6.54 Å². The molecule has 22 heavy (non-hydrogen) atoms. The van der Waals surface area contributed by atoms with Crippen molar-refractivity contribution in [3.05, 3.63) is 37.7 Å². The average molecular weight is 384 g/mol. The van der Waals surface area contributed by atoms with Crippen molar-refractivity contribution in [2.24, 2.45) is 12.0 Å². The molecule has 0 saturated carbocycles. The molecule has 0 radical (unpaired) electrons. The zero-order chi connectivity index (χ0) is 16.1. The van der Waals surface area contributed by atoms with Crippen LogP contribution in [-0.4, -0.2) is 22.3 Å². The van der Waals surface area contributed by atoms with Gasteiger partial charge < -0.3 is 10.6 Å². The molecule has 2 rings (SSSR count). The Kier molecular flexibility index (Phi) is 6.02. The van der Waals surface area contributed by atoms with E-state index in [9.17, 15) is 0 Å². The quantitative estimate of drug-likeness (QED) is 0.615. The van der Waals surface area contributed by atoms with Crippen LogP contribution in [-0.2, 0) is 20.1 Å². The van der Waals surface area contributed by atoms with Gasteiger partial charge in [-0.1, -0.05) is 0 Å². The molecule has 0 unspecified atom stereocenters. The molecule has 0 saturated heterocycles. The smallest absolute Gasteiger partial charge is 0.191 e. The van der Waals surface area contributed by atoms with Crippen molar-refractivity contribution in [3.63, 3.8) is 0 Å². The maximum atomic E-state index is 4.67. The standard InChI is InChI=1S/C15H22BrN5S/c1-5-17-15(18-7-13-6-12(16)9-22-13)19-8-14-10(2)20-21(4)11(14)3/h6,9H,5,7-8H2,1-4H3,(H2,17,18,19). The minimum atomic E-state index is 0.634. The molecule has 0 spiro atoms. The first kappa shape index (κ1) is 17.0. The molecule has 0 aromatic carbocycles. The van der Waals surface area contributed by atoms with E-state index in [0.717, 1.165) is 29.2 Å². The van der Waals surface area contributed by atoms with Crippen LogP contribution in [0.1, 0.15) is 28.8 Å². The summed E-state index contributed by atoms with van der Waals surface area (Å²) in [5, 5.41) is 13.2. The Bertz CT molecular complexity index is 659. The number of aryl methyl sites for hydroxylation is 2. The summed E-state index contributed by atoms with van der Waals surface area (Å²) >= 11 is 5.20. The van der Waals surface area contributed by atoms with Gasteiger partial charge in [0, 0.05) is 39.6 Å². The van der Waals surface area contributed by atoms with Crippen molar-refractivity contribution in [2.45, 2.75) is 33.9 Å². The number of guanidine groups is 1. The molecule has 2 aromatic heterocycles. The number of hydrogen-bond acceptors (Lipinski definition) is 3. The zero-order valence-corrected chi connectivity index (χ0v) is 15.8. The maximum Gasteiger partial charge on any atom is 0.191 e. The Hall–Kier alpha value is -1.34. The predicted octanol–water partition coefficient (Wildman–Crippen LogP) is 3.12. The van der Waals surface area contributed by atoms with Crippen molar-refractivity contribution >= 4 is 33.2 Å². The Morgan fingerprint density at radius 2 is 2.18 bits per heavy atom. The highest BCUT2D eigenvalue weighted by atomic mass is 79.9. The van der Waals surface area contributed by atoms with Gasteiger partial charge in [0.05, 0.1) is 18.8 Å². The molecular weight excluding hydrogens is 362 g/mol. The molecule has 0 aliphatic carbocycles.